The van der Waals surface area contributed by atoms with Crippen LogP contribution in [0.25, 0.3) is 0 Å². The molecule has 0 aliphatic heterocycles. The van der Waals surface area contributed by atoms with Crippen LogP contribution in [-0.4, -0.2) is 23.0 Å². The van der Waals surface area contributed by atoms with Crippen LogP contribution in [0, 0.1) is 21.4 Å². The van der Waals surface area contributed by atoms with E-state index in [9.17, 15) is 23.7 Å². The van der Waals surface area contributed by atoms with Gasteiger partial charge in [0.05, 0.1) is 12.7 Å². The van der Waals surface area contributed by atoms with Gasteiger partial charge in [0.2, 0.25) is 0 Å². The fraction of sp³-hybridized carbons (Fsp3) is 0.300. The maximum Gasteiger partial charge on any atom is 0.374 e. The van der Waals surface area contributed by atoms with Crippen LogP contribution in [0.5, 0.6) is 0 Å². The number of nitrogens with zero attached hydrogens (tertiary/aromatic N) is 3. The van der Waals surface area contributed by atoms with Gasteiger partial charge < -0.3 is 14.9 Å². The third-order valence-electron chi connectivity index (χ3n) is 2.16. The number of methoxy groups -OCH3 is 1. The first kappa shape index (κ1) is 14.4. The normalized spacial score (nSPS) is 10.1. The predicted octanol–water partition coefficient (Wildman–Crippen LogP) is 1.51. The zero-order chi connectivity index (χ0) is 14.6. The minimum atomic E-state index is -3.21. The number of nitriles is 1. The maximum absolute atomic E-state index is 12.7. The van der Waals surface area contributed by atoms with Crippen molar-refractivity contribution in [3.8, 4) is 6.07 Å². The molecule has 0 radical (unpaired) electrons. The Kier molecular flexibility index (Phi) is 4.41. The summed E-state index contributed by atoms with van der Waals surface area (Å²) >= 11 is 0. The van der Waals surface area contributed by atoms with Gasteiger partial charge in [-0.3, -0.25) is 4.79 Å². The minimum Gasteiger partial charge on any atom is -0.469 e. The molecule has 0 saturated carbocycles. The fourth-order valence-electron chi connectivity index (χ4n) is 1.35. The first-order valence-electron chi connectivity index (χ1n) is 4.84. The molecule has 0 atom stereocenters. The summed E-state index contributed by atoms with van der Waals surface area (Å²) in [6, 6.07) is 2.34. The van der Waals surface area contributed by atoms with E-state index < -0.39 is 40.7 Å². The number of nitro groups is 1. The molecule has 19 heavy (non-hydrogen) atoms. The van der Waals surface area contributed by atoms with Crippen LogP contribution in [0.4, 0.5) is 14.6 Å². The molecule has 0 amide bonds. The monoisotopic (exact) mass is 271 g/mol. The number of alkyl halides is 2. The lowest BCUT2D eigenvalue weighted by atomic mass is 10.1. The Labute approximate surface area is 105 Å². The lowest BCUT2D eigenvalue weighted by molar-refractivity contribution is -0.391. The van der Waals surface area contributed by atoms with Crippen molar-refractivity contribution in [3.63, 3.8) is 0 Å². The van der Waals surface area contributed by atoms with Crippen LogP contribution in [-0.2, 0) is 16.0 Å². The summed E-state index contributed by atoms with van der Waals surface area (Å²) in [5.41, 5.74) is -1.82. The second-order valence-corrected chi connectivity index (χ2v) is 3.32. The van der Waals surface area contributed by atoms with E-state index in [2.05, 4.69) is 9.72 Å². The van der Waals surface area contributed by atoms with E-state index in [1.165, 1.54) is 6.07 Å². The number of carbonyl (C=O) groups excluding carboxylic acids is 1. The number of aromatic nitrogens is 1. The van der Waals surface area contributed by atoms with Crippen LogP contribution in [0.2, 0.25) is 0 Å². The summed E-state index contributed by atoms with van der Waals surface area (Å²) in [7, 11) is 1.09. The molecule has 0 spiro atoms. The van der Waals surface area contributed by atoms with Crippen LogP contribution >= 0.6 is 0 Å². The number of esters is 1. The summed E-state index contributed by atoms with van der Waals surface area (Å²) < 4.78 is 29.7. The van der Waals surface area contributed by atoms with E-state index in [0.29, 0.717) is 0 Å². The summed E-state index contributed by atoms with van der Waals surface area (Å²) in [4.78, 5) is 23.9. The van der Waals surface area contributed by atoms with E-state index in [-0.39, 0.29) is 5.69 Å². The molecule has 1 heterocycles. The second kappa shape index (κ2) is 5.81. The van der Waals surface area contributed by atoms with E-state index in [1.54, 1.807) is 0 Å². The standard InChI is InChI=1S/C10H7F2N3O4/c1-19-7(16)3-6-2-5(4-13)8(9(11)12)10(14-6)15(17)18/h2,9H,3H2,1H3. The number of rotatable bonds is 4. The molecule has 9 heteroatoms. The third kappa shape index (κ3) is 3.19. The van der Waals surface area contributed by atoms with Gasteiger partial charge in [-0.2, -0.15) is 5.26 Å². The summed E-state index contributed by atoms with van der Waals surface area (Å²) in [6.07, 6.45) is -3.66. The SMILES string of the molecule is COC(=O)Cc1cc(C#N)c(C(F)F)c([N+](=O)[O-])n1. The number of hydrogen-bond acceptors (Lipinski definition) is 6. The molecule has 1 aromatic rings. The van der Waals surface area contributed by atoms with Gasteiger partial charge >= 0.3 is 11.8 Å². The van der Waals surface area contributed by atoms with Crippen molar-refractivity contribution in [3.05, 3.63) is 33.0 Å². The van der Waals surface area contributed by atoms with E-state index in [1.807, 2.05) is 0 Å². The lowest BCUT2D eigenvalue weighted by Gasteiger charge is -2.05. The Hall–Kier alpha value is -2.63. The minimum absolute atomic E-state index is 0.181. The zero-order valence-electron chi connectivity index (χ0n) is 9.59. The van der Waals surface area contributed by atoms with Crippen molar-refractivity contribution in [1.82, 2.24) is 4.98 Å². The molecule has 1 rings (SSSR count). The summed E-state index contributed by atoms with van der Waals surface area (Å²) in [5.74, 6) is -1.89. The molecule has 0 unspecified atom stereocenters. The highest BCUT2D eigenvalue weighted by molar-refractivity contribution is 5.72. The Bertz CT molecular complexity index is 569. The topological polar surface area (TPSA) is 106 Å². The molecule has 0 fully saturated rings. The van der Waals surface area contributed by atoms with Crippen molar-refractivity contribution >= 4 is 11.8 Å². The van der Waals surface area contributed by atoms with Crippen LogP contribution < -0.4 is 0 Å². The molecule has 100 valence electrons. The van der Waals surface area contributed by atoms with Crippen molar-refractivity contribution in [2.45, 2.75) is 12.8 Å². The molecule has 0 aliphatic rings. The van der Waals surface area contributed by atoms with Crippen LogP contribution in [0.3, 0.4) is 0 Å². The third-order valence-corrected chi connectivity index (χ3v) is 2.16. The number of pyridine rings is 1. The summed E-state index contributed by atoms with van der Waals surface area (Å²) in [6.45, 7) is 0. The van der Waals surface area contributed by atoms with Gasteiger partial charge in [0.1, 0.15) is 18.1 Å². The molecule has 0 aliphatic carbocycles. The van der Waals surface area contributed by atoms with Crippen LogP contribution in [0.1, 0.15) is 23.2 Å². The molecule has 0 saturated heterocycles. The average Bonchev–Trinajstić information content (AvgIpc) is 2.36. The highest BCUT2D eigenvalue weighted by atomic mass is 19.3. The van der Waals surface area contributed by atoms with E-state index in [4.69, 9.17) is 5.26 Å². The largest absolute Gasteiger partial charge is 0.469 e. The number of halogens is 2. The fourth-order valence-corrected chi connectivity index (χ4v) is 1.35. The Morgan fingerprint density at radius 1 is 1.68 bits per heavy atom. The lowest BCUT2D eigenvalue weighted by Crippen LogP contribution is -2.10. The first-order chi connectivity index (χ1) is 8.90. The Balaban J connectivity index is 3.41. The Morgan fingerprint density at radius 3 is 2.74 bits per heavy atom. The molecular formula is C10H7F2N3O4. The van der Waals surface area contributed by atoms with Crippen molar-refractivity contribution in [2.75, 3.05) is 7.11 Å². The van der Waals surface area contributed by atoms with Gasteiger partial charge in [0, 0.05) is 6.07 Å². The van der Waals surface area contributed by atoms with Gasteiger partial charge in [0.15, 0.2) is 5.69 Å². The van der Waals surface area contributed by atoms with Gasteiger partial charge in [-0.15, -0.1) is 0 Å². The second-order valence-electron chi connectivity index (χ2n) is 3.32. The predicted molar refractivity (Wildman–Crippen MR) is 56.3 cm³/mol. The molecule has 0 aromatic carbocycles. The summed E-state index contributed by atoms with van der Waals surface area (Å²) in [5, 5.41) is 19.4. The number of hydrogen-bond donors (Lipinski definition) is 0. The zero-order valence-corrected chi connectivity index (χ0v) is 9.59. The number of ether oxygens (including phenoxy) is 1. The smallest absolute Gasteiger partial charge is 0.374 e. The van der Waals surface area contributed by atoms with Gasteiger partial charge in [-0.1, -0.05) is 0 Å². The molecule has 1 aromatic heterocycles. The highest BCUT2D eigenvalue weighted by Gasteiger charge is 2.29. The quantitative estimate of drug-likeness (QED) is 0.466. The average molecular weight is 271 g/mol. The highest BCUT2D eigenvalue weighted by Crippen LogP contribution is 2.30. The molecule has 0 bridgehead atoms. The van der Waals surface area contributed by atoms with Crippen molar-refractivity contribution < 1.29 is 23.2 Å². The maximum atomic E-state index is 12.7. The van der Waals surface area contributed by atoms with Crippen LogP contribution in [0.15, 0.2) is 6.07 Å². The van der Waals surface area contributed by atoms with E-state index >= 15 is 0 Å². The first-order valence-corrected chi connectivity index (χ1v) is 4.84. The van der Waals surface area contributed by atoms with Gasteiger partial charge in [-0.05, 0) is 9.91 Å². The molecule has 0 N–H and O–H groups in total. The molecule has 7 nitrogen and oxygen atoms in total. The van der Waals surface area contributed by atoms with Crippen molar-refractivity contribution in [2.24, 2.45) is 0 Å². The van der Waals surface area contributed by atoms with Gasteiger partial charge in [0.25, 0.3) is 6.43 Å². The van der Waals surface area contributed by atoms with Gasteiger partial charge in [-0.25, -0.2) is 8.78 Å². The number of carbonyl (C=O) groups is 1. The van der Waals surface area contributed by atoms with E-state index in [0.717, 1.165) is 13.2 Å². The Morgan fingerprint density at radius 2 is 2.32 bits per heavy atom. The van der Waals surface area contributed by atoms with Crippen molar-refractivity contribution in [1.29, 1.82) is 5.26 Å². The molecular weight excluding hydrogens is 264 g/mol.